The lowest BCUT2D eigenvalue weighted by Gasteiger charge is -1.94. The Labute approximate surface area is 70.8 Å². The van der Waals surface area contributed by atoms with E-state index in [-0.39, 0.29) is 5.84 Å². The summed E-state index contributed by atoms with van der Waals surface area (Å²) in [5, 5.41) is 11.2. The van der Waals surface area contributed by atoms with Crippen LogP contribution in [0.1, 0.15) is 6.92 Å². The number of hydrogen-bond donors (Lipinski definition) is 2. The van der Waals surface area contributed by atoms with Crippen LogP contribution < -0.4 is 5.73 Å². The number of oxime groups is 1. The Morgan fingerprint density at radius 2 is 2.42 bits per heavy atom. The number of hydrogen-bond acceptors (Lipinski definition) is 3. The molecule has 12 heavy (non-hydrogen) atoms. The zero-order chi connectivity index (χ0) is 8.97. The van der Waals surface area contributed by atoms with E-state index in [1.165, 1.54) is 0 Å². The Balaban J connectivity index is 2.87. The highest BCUT2D eigenvalue weighted by atomic mass is 16.4. The molecular weight excluding hydrogens is 154 g/mol. The monoisotopic (exact) mass is 165 g/mol. The molecule has 4 heteroatoms. The van der Waals surface area contributed by atoms with Gasteiger partial charge >= 0.3 is 0 Å². The molecule has 4 nitrogen and oxygen atoms in total. The van der Waals surface area contributed by atoms with Gasteiger partial charge in [0.25, 0.3) is 0 Å². The third kappa shape index (κ3) is 1.95. The van der Waals surface area contributed by atoms with Crippen LogP contribution in [0.25, 0.3) is 0 Å². The molecule has 1 heterocycles. The maximum Gasteiger partial charge on any atom is 0.188 e. The first-order valence-corrected chi connectivity index (χ1v) is 3.64. The second kappa shape index (κ2) is 3.71. The van der Waals surface area contributed by atoms with Gasteiger partial charge in [-0.25, -0.2) is 0 Å². The first-order valence-electron chi connectivity index (χ1n) is 3.64. The van der Waals surface area contributed by atoms with Gasteiger partial charge in [0.05, 0.1) is 0 Å². The molecule has 1 aliphatic heterocycles. The average Bonchev–Trinajstić information content (AvgIpc) is 2.29. The van der Waals surface area contributed by atoms with Crippen molar-refractivity contribution in [2.24, 2.45) is 21.8 Å². The first-order chi connectivity index (χ1) is 5.74. The lowest BCUT2D eigenvalue weighted by Crippen LogP contribution is -2.21. The molecule has 0 aromatic heterocycles. The summed E-state index contributed by atoms with van der Waals surface area (Å²) in [6, 6.07) is 0. The minimum Gasteiger partial charge on any atom is -0.409 e. The molecule has 0 spiro atoms. The molecule has 1 rings (SSSR count). The van der Waals surface area contributed by atoms with Crippen LogP contribution in [0, 0.1) is 5.92 Å². The molecule has 1 aliphatic rings. The topological polar surface area (TPSA) is 71.0 Å². The minimum absolute atomic E-state index is 0.0324. The fourth-order valence-electron chi connectivity index (χ4n) is 0.812. The van der Waals surface area contributed by atoms with Gasteiger partial charge < -0.3 is 10.9 Å². The van der Waals surface area contributed by atoms with Crippen LogP contribution in [0.5, 0.6) is 0 Å². The number of aliphatic imine (C=N–C) groups is 1. The summed E-state index contributed by atoms with van der Waals surface area (Å²) in [5.41, 5.74) is 5.83. The fraction of sp³-hybridized carbons (Fsp3) is 0.250. The number of rotatable bonds is 1. The Morgan fingerprint density at radius 3 is 3.08 bits per heavy atom. The first kappa shape index (κ1) is 8.52. The number of nitrogens with zero attached hydrogens (tertiary/aromatic N) is 2. The van der Waals surface area contributed by atoms with Gasteiger partial charge in [-0.15, -0.1) is 0 Å². The standard InChI is InChI=1S/C8H11N3O/c1-6-2-3-7(8(9)11-12)10-5-4-6/h2-6,12H,1H3,(H2,9,11). The lowest BCUT2D eigenvalue weighted by molar-refractivity contribution is 0.319. The number of amidine groups is 1. The van der Waals surface area contributed by atoms with Gasteiger partial charge in [-0.3, -0.25) is 4.99 Å². The van der Waals surface area contributed by atoms with Gasteiger partial charge in [-0.1, -0.05) is 24.2 Å². The van der Waals surface area contributed by atoms with Crippen molar-refractivity contribution in [3.63, 3.8) is 0 Å². The van der Waals surface area contributed by atoms with E-state index >= 15 is 0 Å². The van der Waals surface area contributed by atoms with E-state index in [9.17, 15) is 0 Å². The second-order valence-electron chi connectivity index (χ2n) is 2.56. The van der Waals surface area contributed by atoms with E-state index in [4.69, 9.17) is 10.9 Å². The van der Waals surface area contributed by atoms with Crippen molar-refractivity contribution in [2.45, 2.75) is 6.92 Å². The minimum atomic E-state index is 0.0324. The molecule has 0 saturated heterocycles. The highest BCUT2D eigenvalue weighted by Crippen LogP contribution is 2.03. The largest absolute Gasteiger partial charge is 0.409 e. The Morgan fingerprint density at radius 1 is 1.67 bits per heavy atom. The molecule has 0 bridgehead atoms. The molecule has 0 aliphatic carbocycles. The van der Waals surface area contributed by atoms with Crippen LogP contribution in [0.15, 0.2) is 34.6 Å². The summed E-state index contributed by atoms with van der Waals surface area (Å²) >= 11 is 0. The summed E-state index contributed by atoms with van der Waals surface area (Å²) in [6.45, 7) is 2.03. The SMILES string of the molecule is CC1C=CN=C(/C(N)=N/O)C=C1. The molecule has 64 valence electrons. The van der Waals surface area contributed by atoms with E-state index in [1.54, 1.807) is 12.3 Å². The number of nitrogens with two attached hydrogens (primary N) is 1. The molecule has 3 N–H and O–H groups in total. The van der Waals surface area contributed by atoms with E-state index < -0.39 is 0 Å². The van der Waals surface area contributed by atoms with Crippen molar-refractivity contribution in [1.29, 1.82) is 0 Å². The smallest absolute Gasteiger partial charge is 0.188 e. The number of allylic oxidation sites excluding steroid dienone is 2. The van der Waals surface area contributed by atoms with Crippen molar-refractivity contribution in [3.05, 3.63) is 24.4 Å². The maximum absolute atomic E-state index is 8.37. The van der Waals surface area contributed by atoms with Crippen molar-refractivity contribution in [1.82, 2.24) is 0 Å². The molecule has 1 atom stereocenters. The molecular formula is C8H11N3O. The van der Waals surface area contributed by atoms with Crippen molar-refractivity contribution < 1.29 is 5.21 Å². The molecule has 0 aromatic rings. The van der Waals surface area contributed by atoms with Crippen LogP contribution in [-0.2, 0) is 0 Å². The van der Waals surface area contributed by atoms with Crippen LogP contribution in [0.3, 0.4) is 0 Å². The quantitative estimate of drug-likeness (QED) is 0.262. The molecule has 0 fully saturated rings. The third-order valence-electron chi connectivity index (χ3n) is 1.53. The van der Waals surface area contributed by atoms with E-state index in [1.807, 2.05) is 19.1 Å². The van der Waals surface area contributed by atoms with Gasteiger partial charge in [-0.05, 0) is 12.0 Å². The van der Waals surface area contributed by atoms with Crippen LogP contribution in [0.2, 0.25) is 0 Å². The van der Waals surface area contributed by atoms with Crippen LogP contribution in [0.4, 0.5) is 0 Å². The fourth-order valence-corrected chi connectivity index (χ4v) is 0.812. The highest BCUT2D eigenvalue weighted by molar-refractivity contribution is 6.45. The Kier molecular flexibility index (Phi) is 2.63. The summed E-state index contributed by atoms with van der Waals surface area (Å²) in [7, 11) is 0. The van der Waals surface area contributed by atoms with Gasteiger partial charge in [0, 0.05) is 6.20 Å². The second-order valence-corrected chi connectivity index (χ2v) is 2.56. The molecule has 0 amide bonds. The predicted molar refractivity (Wildman–Crippen MR) is 48.3 cm³/mol. The zero-order valence-electron chi connectivity index (χ0n) is 6.81. The van der Waals surface area contributed by atoms with Gasteiger partial charge in [0.15, 0.2) is 5.84 Å². The molecule has 0 saturated carbocycles. The van der Waals surface area contributed by atoms with Crippen LogP contribution >= 0.6 is 0 Å². The summed E-state index contributed by atoms with van der Waals surface area (Å²) in [6.07, 6.45) is 7.24. The van der Waals surface area contributed by atoms with E-state index in [0.29, 0.717) is 11.6 Å². The Bertz CT molecular complexity index is 276. The average molecular weight is 165 g/mol. The van der Waals surface area contributed by atoms with Gasteiger partial charge in [0.1, 0.15) is 5.71 Å². The van der Waals surface area contributed by atoms with Crippen molar-refractivity contribution in [2.75, 3.05) is 0 Å². The van der Waals surface area contributed by atoms with Gasteiger partial charge in [-0.2, -0.15) is 0 Å². The summed E-state index contributed by atoms with van der Waals surface area (Å²) in [5.74, 6) is 0.364. The Hall–Kier alpha value is -1.58. The van der Waals surface area contributed by atoms with E-state index in [2.05, 4.69) is 10.1 Å². The molecule has 0 aromatic carbocycles. The third-order valence-corrected chi connectivity index (χ3v) is 1.53. The van der Waals surface area contributed by atoms with Crippen molar-refractivity contribution >= 4 is 11.5 Å². The summed E-state index contributed by atoms with van der Waals surface area (Å²) in [4.78, 5) is 3.98. The zero-order valence-corrected chi connectivity index (χ0v) is 6.81. The predicted octanol–water partition coefficient (Wildman–Crippen LogP) is 0.893. The highest BCUT2D eigenvalue weighted by Gasteiger charge is 2.02. The van der Waals surface area contributed by atoms with Crippen LogP contribution in [-0.4, -0.2) is 16.8 Å². The normalized spacial score (nSPS) is 23.6. The summed E-state index contributed by atoms with van der Waals surface area (Å²) < 4.78 is 0. The molecule has 0 radical (unpaired) electrons. The lowest BCUT2D eigenvalue weighted by atomic mass is 10.1. The van der Waals surface area contributed by atoms with Crippen molar-refractivity contribution in [3.8, 4) is 0 Å². The van der Waals surface area contributed by atoms with Gasteiger partial charge in [0.2, 0.25) is 0 Å². The maximum atomic E-state index is 8.37. The van der Waals surface area contributed by atoms with E-state index in [0.717, 1.165) is 0 Å². The molecule has 1 unspecified atom stereocenters.